The maximum absolute atomic E-state index is 13.2. The molecule has 26 heavy (non-hydrogen) atoms. The van der Waals surface area contributed by atoms with Crippen LogP contribution < -0.4 is 4.74 Å². The first-order chi connectivity index (χ1) is 12.4. The number of rotatable bonds is 4. The monoisotopic (exact) mass is 356 g/mol. The molecule has 5 heteroatoms. The van der Waals surface area contributed by atoms with Crippen LogP contribution in [0.1, 0.15) is 26.3 Å². The lowest BCUT2D eigenvalue weighted by Gasteiger charge is -2.51. The zero-order valence-electron chi connectivity index (χ0n) is 15.5. The molecule has 1 amide bonds. The van der Waals surface area contributed by atoms with Crippen LogP contribution in [0.5, 0.6) is 5.75 Å². The van der Waals surface area contributed by atoms with E-state index in [0.717, 1.165) is 11.3 Å². The summed E-state index contributed by atoms with van der Waals surface area (Å²) >= 11 is 0. The number of benzene rings is 2. The largest absolute Gasteiger partial charge is 0.467 e. The Labute approximate surface area is 154 Å². The Kier molecular flexibility index (Phi) is 5.28. The SMILES string of the molecule is CC(=O)N1CC(C)N(Cc2ccc(F)cc2)CC1(C)Oc1ccccc1. The number of carbonyl (C=O) groups excluding carboxylic acids is 1. The van der Waals surface area contributed by atoms with Gasteiger partial charge in [0.05, 0.1) is 6.54 Å². The molecule has 1 fully saturated rings. The van der Waals surface area contributed by atoms with Crippen LogP contribution >= 0.6 is 0 Å². The van der Waals surface area contributed by atoms with E-state index in [1.165, 1.54) is 12.1 Å². The van der Waals surface area contributed by atoms with Crippen molar-refractivity contribution in [2.45, 2.75) is 39.1 Å². The van der Waals surface area contributed by atoms with Gasteiger partial charge in [-0.1, -0.05) is 30.3 Å². The zero-order valence-corrected chi connectivity index (χ0v) is 15.5. The number of hydrogen-bond acceptors (Lipinski definition) is 3. The summed E-state index contributed by atoms with van der Waals surface area (Å²) in [6.45, 7) is 7.46. The molecule has 0 bridgehead atoms. The molecule has 3 rings (SSSR count). The quantitative estimate of drug-likeness (QED) is 0.838. The first-order valence-electron chi connectivity index (χ1n) is 8.88. The topological polar surface area (TPSA) is 32.8 Å². The maximum Gasteiger partial charge on any atom is 0.222 e. The van der Waals surface area contributed by atoms with Crippen molar-refractivity contribution in [1.29, 1.82) is 0 Å². The van der Waals surface area contributed by atoms with E-state index in [4.69, 9.17) is 4.74 Å². The number of piperazine rings is 1. The van der Waals surface area contributed by atoms with Crippen LogP contribution in [0, 0.1) is 5.82 Å². The van der Waals surface area contributed by atoms with Crippen LogP contribution in [-0.2, 0) is 11.3 Å². The van der Waals surface area contributed by atoms with E-state index < -0.39 is 5.72 Å². The van der Waals surface area contributed by atoms with Crippen molar-refractivity contribution in [1.82, 2.24) is 9.80 Å². The van der Waals surface area contributed by atoms with Gasteiger partial charge in [-0.15, -0.1) is 0 Å². The van der Waals surface area contributed by atoms with Gasteiger partial charge in [-0.3, -0.25) is 9.69 Å². The lowest BCUT2D eigenvalue weighted by Crippen LogP contribution is -2.67. The smallest absolute Gasteiger partial charge is 0.222 e. The Balaban J connectivity index is 1.82. The molecule has 0 spiro atoms. The fourth-order valence-electron chi connectivity index (χ4n) is 3.52. The predicted molar refractivity (Wildman–Crippen MR) is 99.1 cm³/mol. The van der Waals surface area contributed by atoms with Crippen LogP contribution in [0.2, 0.25) is 0 Å². The second-order valence-corrected chi connectivity index (χ2v) is 7.10. The molecule has 1 aliphatic rings. The molecule has 2 aromatic carbocycles. The third kappa shape index (κ3) is 4.05. The number of nitrogens with zero attached hydrogens (tertiary/aromatic N) is 2. The van der Waals surface area contributed by atoms with Crippen LogP contribution in [0.15, 0.2) is 54.6 Å². The van der Waals surface area contributed by atoms with Gasteiger partial charge in [0.1, 0.15) is 11.6 Å². The van der Waals surface area contributed by atoms with Crippen molar-refractivity contribution in [3.8, 4) is 5.75 Å². The Morgan fingerprint density at radius 3 is 2.46 bits per heavy atom. The molecule has 0 saturated carbocycles. The molecule has 138 valence electrons. The van der Waals surface area contributed by atoms with Crippen molar-refractivity contribution >= 4 is 5.91 Å². The van der Waals surface area contributed by atoms with Gasteiger partial charge >= 0.3 is 0 Å². The molecule has 0 aliphatic carbocycles. The molecule has 2 atom stereocenters. The number of amides is 1. The molecule has 2 unspecified atom stereocenters. The summed E-state index contributed by atoms with van der Waals surface area (Å²) in [5, 5.41) is 0. The summed E-state index contributed by atoms with van der Waals surface area (Å²) in [5.41, 5.74) is 0.274. The highest BCUT2D eigenvalue weighted by atomic mass is 19.1. The van der Waals surface area contributed by atoms with Gasteiger partial charge in [0.15, 0.2) is 5.72 Å². The number of para-hydroxylation sites is 1. The molecule has 1 saturated heterocycles. The van der Waals surface area contributed by atoms with Crippen molar-refractivity contribution in [2.75, 3.05) is 13.1 Å². The van der Waals surface area contributed by atoms with Gasteiger partial charge in [-0.2, -0.15) is 0 Å². The molecular weight excluding hydrogens is 331 g/mol. The molecule has 0 N–H and O–H groups in total. The lowest BCUT2D eigenvalue weighted by molar-refractivity contribution is -0.167. The summed E-state index contributed by atoms with van der Waals surface area (Å²) in [7, 11) is 0. The second kappa shape index (κ2) is 7.46. The average Bonchev–Trinajstić information content (AvgIpc) is 2.60. The fraction of sp³-hybridized carbons (Fsp3) is 0.381. The Bertz CT molecular complexity index is 750. The van der Waals surface area contributed by atoms with Crippen LogP contribution in [0.4, 0.5) is 4.39 Å². The molecule has 1 heterocycles. The van der Waals surface area contributed by atoms with Crippen molar-refractivity contribution in [3.63, 3.8) is 0 Å². The van der Waals surface area contributed by atoms with Gasteiger partial charge < -0.3 is 9.64 Å². The van der Waals surface area contributed by atoms with E-state index >= 15 is 0 Å². The molecule has 2 aromatic rings. The summed E-state index contributed by atoms with van der Waals surface area (Å²) < 4.78 is 19.4. The van der Waals surface area contributed by atoms with Crippen molar-refractivity contribution in [2.24, 2.45) is 0 Å². The average molecular weight is 356 g/mol. The molecule has 4 nitrogen and oxygen atoms in total. The van der Waals surface area contributed by atoms with Crippen molar-refractivity contribution in [3.05, 3.63) is 66.0 Å². The lowest BCUT2D eigenvalue weighted by atomic mass is 10.0. The summed E-state index contributed by atoms with van der Waals surface area (Å²) in [5.74, 6) is 0.495. The van der Waals surface area contributed by atoms with E-state index in [0.29, 0.717) is 19.6 Å². The summed E-state index contributed by atoms with van der Waals surface area (Å²) in [6, 6.07) is 16.3. The second-order valence-electron chi connectivity index (χ2n) is 7.10. The van der Waals surface area contributed by atoms with E-state index in [2.05, 4.69) is 11.8 Å². The van der Waals surface area contributed by atoms with Gasteiger partial charge in [0, 0.05) is 26.1 Å². The first kappa shape index (κ1) is 18.4. The highest BCUT2D eigenvalue weighted by molar-refractivity contribution is 5.74. The van der Waals surface area contributed by atoms with E-state index in [1.807, 2.05) is 37.3 Å². The Hall–Kier alpha value is -2.40. The van der Waals surface area contributed by atoms with Gasteiger partial charge in [0.2, 0.25) is 5.91 Å². The highest BCUT2D eigenvalue weighted by Gasteiger charge is 2.44. The normalized spacial score (nSPS) is 23.7. The van der Waals surface area contributed by atoms with Crippen LogP contribution in [-0.4, -0.2) is 40.6 Å². The maximum atomic E-state index is 13.2. The van der Waals surface area contributed by atoms with Crippen LogP contribution in [0.3, 0.4) is 0 Å². The number of carbonyl (C=O) groups is 1. The standard InChI is InChI=1S/C21H25FN2O2/c1-16-13-24(17(2)25)21(3,26-20-7-5-4-6-8-20)15-23(16)14-18-9-11-19(22)12-10-18/h4-12,16H,13-15H2,1-3H3. The first-order valence-corrected chi connectivity index (χ1v) is 8.88. The number of halogens is 1. The van der Waals surface area contributed by atoms with E-state index in [1.54, 1.807) is 24.0 Å². The highest BCUT2D eigenvalue weighted by Crippen LogP contribution is 2.29. The molecule has 0 radical (unpaired) electrons. The number of ether oxygens (including phenoxy) is 1. The molecule has 1 aliphatic heterocycles. The van der Waals surface area contributed by atoms with Gasteiger partial charge in [0.25, 0.3) is 0 Å². The Morgan fingerprint density at radius 2 is 1.85 bits per heavy atom. The molecule has 0 aromatic heterocycles. The van der Waals surface area contributed by atoms with E-state index in [9.17, 15) is 9.18 Å². The minimum atomic E-state index is -0.764. The minimum absolute atomic E-state index is 0.00304. The van der Waals surface area contributed by atoms with Crippen LogP contribution in [0.25, 0.3) is 0 Å². The third-order valence-electron chi connectivity index (χ3n) is 4.90. The fourth-order valence-corrected chi connectivity index (χ4v) is 3.52. The van der Waals surface area contributed by atoms with E-state index in [-0.39, 0.29) is 17.8 Å². The third-order valence-corrected chi connectivity index (χ3v) is 4.90. The Morgan fingerprint density at radius 1 is 1.19 bits per heavy atom. The zero-order chi connectivity index (χ0) is 18.7. The number of hydrogen-bond donors (Lipinski definition) is 0. The predicted octanol–water partition coefficient (Wildman–Crippen LogP) is 3.67. The van der Waals surface area contributed by atoms with Gasteiger partial charge in [-0.05, 0) is 43.7 Å². The molecular formula is C21H25FN2O2. The van der Waals surface area contributed by atoms with Crippen molar-refractivity contribution < 1.29 is 13.9 Å². The summed E-state index contributed by atoms with van der Waals surface area (Å²) in [4.78, 5) is 16.3. The summed E-state index contributed by atoms with van der Waals surface area (Å²) in [6.07, 6.45) is 0. The minimum Gasteiger partial charge on any atom is -0.467 e. The van der Waals surface area contributed by atoms with Gasteiger partial charge in [-0.25, -0.2) is 4.39 Å².